The molecule has 0 spiro atoms. The van der Waals surface area contributed by atoms with Crippen LogP contribution >= 0.6 is 0 Å². The number of piperidine rings is 1. The normalized spacial score (nSPS) is 16.6. The number of rotatable bonds is 2. The molecule has 0 aliphatic carbocycles. The first-order valence-electron chi connectivity index (χ1n) is 6.58. The number of benzene rings is 1. The Morgan fingerprint density at radius 3 is 2.28 bits per heavy atom. The maximum Gasteiger partial charge on any atom is 0.314 e. The fourth-order valence-corrected chi connectivity index (χ4v) is 2.57. The van der Waals surface area contributed by atoms with E-state index in [1.165, 1.54) is 5.56 Å². The van der Waals surface area contributed by atoms with Gasteiger partial charge in [0.05, 0.1) is 5.92 Å². The van der Waals surface area contributed by atoms with Crippen LogP contribution in [0, 0.1) is 26.7 Å². The quantitative estimate of drug-likeness (QED) is 0.644. The summed E-state index contributed by atoms with van der Waals surface area (Å²) in [5.74, 6) is 0.710. The molecule has 2 rings (SSSR count). The molecule has 98 valence electrons. The summed E-state index contributed by atoms with van der Waals surface area (Å²) < 4.78 is 5.60. The van der Waals surface area contributed by atoms with Gasteiger partial charge in [0.15, 0.2) is 0 Å². The van der Waals surface area contributed by atoms with E-state index in [1.807, 2.05) is 13.8 Å². The second-order valence-electron chi connectivity index (χ2n) is 5.17. The van der Waals surface area contributed by atoms with Crippen molar-refractivity contribution >= 4 is 5.97 Å². The Morgan fingerprint density at radius 1 is 1.17 bits per heavy atom. The Balaban J connectivity index is 2.11. The third-order valence-electron chi connectivity index (χ3n) is 3.48. The highest BCUT2D eigenvalue weighted by Crippen LogP contribution is 2.26. The first kappa shape index (κ1) is 13.1. The zero-order chi connectivity index (χ0) is 13.1. The summed E-state index contributed by atoms with van der Waals surface area (Å²) in [6.07, 6.45) is 1.76. The Bertz CT molecular complexity index is 425. The number of aryl methyl sites for hydroxylation is 3. The average molecular weight is 247 g/mol. The van der Waals surface area contributed by atoms with Gasteiger partial charge in [0.1, 0.15) is 5.75 Å². The summed E-state index contributed by atoms with van der Waals surface area (Å²) >= 11 is 0. The van der Waals surface area contributed by atoms with Crippen molar-refractivity contribution in [2.24, 2.45) is 5.92 Å². The van der Waals surface area contributed by atoms with E-state index >= 15 is 0 Å². The molecule has 3 nitrogen and oxygen atoms in total. The van der Waals surface area contributed by atoms with Crippen LogP contribution in [-0.4, -0.2) is 19.1 Å². The summed E-state index contributed by atoms with van der Waals surface area (Å²) in [6.45, 7) is 7.85. The van der Waals surface area contributed by atoms with E-state index in [2.05, 4.69) is 24.4 Å². The molecule has 1 aromatic rings. The third-order valence-corrected chi connectivity index (χ3v) is 3.48. The predicted octanol–water partition coefficient (Wildman–Crippen LogP) is 2.52. The van der Waals surface area contributed by atoms with Crippen molar-refractivity contribution in [1.82, 2.24) is 5.32 Å². The minimum atomic E-state index is -0.0773. The van der Waals surface area contributed by atoms with E-state index in [0.717, 1.165) is 42.8 Å². The Labute approximate surface area is 109 Å². The van der Waals surface area contributed by atoms with Gasteiger partial charge in [-0.2, -0.15) is 0 Å². The van der Waals surface area contributed by atoms with Crippen LogP contribution in [0.4, 0.5) is 0 Å². The summed E-state index contributed by atoms with van der Waals surface area (Å²) in [5, 5.41) is 3.26. The highest BCUT2D eigenvalue weighted by atomic mass is 16.5. The lowest BCUT2D eigenvalue weighted by Gasteiger charge is -2.22. The molecule has 0 unspecified atom stereocenters. The maximum atomic E-state index is 12.1. The zero-order valence-electron chi connectivity index (χ0n) is 11.4. The van der Waals surface area contributed by atoms with Crippen LogP contribution < -0.4 is 10.1 Å². The number of ether oxygens (including phenoxy) is 1. The Hall–Kier alpha value is -1.35. The fourth-order valence-electron chi connectivity index (χ4n) is 2.57. The largest absolute Gasteiger partial charge is 0.426 e. The molecule has 3 heteroatoms. The summed E-state index contributed by atoms with van der Waals surface area (Å²) in [5.41, 5.74) is 3.27. The average Bonchev–Trinajstić information content (AvgIpc) is 2.34. The summed E-state index contributed by atoms with van der Waals surface area (Å²) in [4.78, 5) is 12.1. The van der Waals surface area contributed by atoms with Gasteiger partial charge in [-0.05, 0) is 57.8 Å². The summed E-state index contributed by atoms with van der Waals surface area (Å²) in [6, 6.07) is 4.11. The van der Waals surface area contributed by atoms with Gasteiger partial charge in [0.2, 0.25) is 0 Å². The lowest BCUT2D eigenvalue weighted by molar-refractivity contribution is -0.139. The van der Waals surface area contributed by atoms with Crippen molar-refractivity contribution in [2.45, 2.75) is 33.6 Å². The van der Waals surface area contributed by atoms with E-state index < -0.39 is 0 Å². The maximum absolute atomic E-state index is 12.1. The molecule has 0 saturated carbocycles. The van der Waals surface area contributed by atoms with Crippen LogP contribution in [0.15, 0.2) is 12.1 Å². The van der Waals surface area contributed by atoms with Gasteiger partial charge in [-0.25, -0.2) is 0 Å². The second-order valence-corrected chi connectivity index (χ2v) is 5.17. The molecule has 1 N–H and O–H groups in total. The first-order valence-corrected chi connectivity index (χ1v) is 6.58. The highest BCUT2D eigenvalue weighted by Gasteiger charge is 2.23. The minimum Gasteiger partial charge on any atom is -0.426 e. The topological polar surface area (TPSA) is 38.3 Å². The zero-order valence-corrected chi connectivity index (χ0v) is 11.4. The molecule has 0 aromatic heterocycles. The molecule has 0 bridgehead atoms. The Morgan fingerprint density at radius 2 is 1.72 bits per heavy atom. The van der Waals surface area contributed by atoms with Crippen molar-refractivity contribution in [3.63, 3.8) is 0 Å². The number of carbonyl (C=O) groups excluding carboxylic acids is 1. The third kappa shape index (κ3) is 2.91. The first-order chi connectivity index (χ1) is 8.58. The molecule has 0 radical (unpaired) electrons. The molecule has 1 saturated heterocycles. The van der Waals surface area contributed by atoms with Crippen LogP contribution in [0.3, 0.4) is 0 Å². The van der Waals surface area contributed by atoms with Crippen molar-refractivity contribution in [3.05, 3.63) is 28.8 Å². The van der Waals surface area contributed by atoms with E-state index in [-0.39, 0.29) is 11.9 Å². The molecule has 1 aliphatic rings. The van der Waals surface area contributed by atoms with Crippen LogP contribution in [0.2, 0.25) is 0 Å². The molecule has 1 aromatic carbocycles. The Kier molecular flexibility index (Phi) is 4.02. The van der Waals surface area contributed by atoms with Crippen molar-refractivity contribution in [2.75, 3.05) is 13.1 Å². The molecule has 1 heterocycles. The number of hydrogen-bond donors (Lipinski definition) is 1. The number of hydrogen-bond acceptors (Lipinski definition) is 3. The predicted molar refractivity (Wildman–Crippen MR) is 71.9 cm³/mol. The monoisotopic (exact) mass is 247 g/mol. The van der Waals surface area contributed by atoms with Gasteiger partial charge in [0, 0.05) is 0 Å². The number of nitrogens with one attached hydrogen (secondary N) is 1. The molecular weight excluding hydrogens is 226 g/mol. The molecule has 0 amide bonds. The number of esters is 1. The van der Waals surface area contributed by atoms with Gasteiger partial charge in [0.25, 0.3) is 0 Å². The molecule has 0 atom stereocenters. The van der Waals surface area contributed by atoms with Gasteiger partial charge in [-0.15, -0.1) is 0 Å². The molecule has 1 aliphatic heterocycles. The van der Waals surface area contributed by atoms with Gasteiger partial charge in [-0.1, -0.05) is 17.7 Å². The van der Waals surface area contributed by atoms with Crippen LogP contribution in [0.1, 0.15) is 29.5 Å². The highest BCUT2D eigenvalue weighted by molar-refractivity contribution is 5.76. The van der Waals surface area contributed by atoms with Gasteiger partial charge in [-0.3, -0.25) is 4.79 Å². The van der Waals surface area contributed by atoms with Gasteiger partial charge >= 0.3 is 5.97 Å². The second kappa shape index (κ2) is 5.53. The standard InChI is InChI=1S/C15H21NO2/c1-10-8-11(2)14(12(3)9-10)18-15(17)13-4-6-16-7-5-13/h8-9,13,16H,4-7H2,1-3H3. The fraction of sp³-hybridized carbons (Fsp3) is 0.533. The van der Waals surface area contributed by atoms with Crippen LogP contribution in [-0.2, 0) is 4.79 Å². The number of carbonyl (C=O) groups is 1. The SMILES string of the molecule is Cc1cc(C)c(OC(=O)C2CCNCC2)c(C)c1. The smallest absolute Gasteiger partial charge is 0.314 e. The van der Waals surface area contributed by atoms with E-state index in [4.69, 9.17) is 4.74 Å². The lowest BCUT2D eigenvalue weighted by Crippen LogP contribution is -2.34. The lowest BCUT2D eigenvalue weighted by atomic mass is 9.98. The van der Waals surface area contributed by atoms with Gasteiger partial charge < -0.3 is 10.1 Å². The van der Waals surface area contributed by atoms with Crippen molar-refractivity contribution in [1.29, 1.82) is 0 Å². The molecular formula is C15H21NO2. The van der Waals surface area contributed by atoms with Crippen molar-refractivity contribution < 1.29 is 9.53 Å². The van der Waals surface area contributed by atoms with E-state index in [0.29, 0.717) is 0 Å². The van der Waals surface area contributed by atoms with E-state index in [1.54, 1.807) is 0 Å². The van der Waals surface area contributed by atoms with Crippen LogP contribution in [0.25, 0.3) is 0 Å². The minimum absolute atomic E-state index is 0.0475. The molecule has 1 fully saturated rings. The molecule has 18 heavy (non-hydrogen) atoms. The van der Waals surface area contributed by atoms with E-state index in [9.17, 15) is 4.79 Å². The van der Waals surface area contributed by atoms with Crippen molar-refractivity contribution in [3.8, 4) is 5.75 Å². The van der Waals surface area contributed by atoms with Crippen LogP contribution in [0.5, 0.6) is 5.75 Å². The summed E-state index contributed by atoms with van der Waals surface area (Å²) in [7, 11) is 0.